The number of aromatic nitrogens is 2. The predicted octanol–water partition coefficient (Wildman–Crippen LogP) is 2.21. The maximum absolute atomic E-state index is 12.7. The first-order valence-electron chi connectivity index (χ1n) is 8.43. The van der Waals surface area contributed by atoms with Gasteiger partial charge in [0.05, 0.1) is 11.0 Å². The summed E-state index contributed by atoms with van der Waals surface area (Å²) >= 11 is 0. The highest BCUT2D eigenvalue weighted by atomic mass is 16.2. The van der Waals surface area contributed by atoms with Gasteiger partial charge in [-0.1, -0.05) is 13.8 Å². The normalized spacial score (nSPS) is 15.6. The molecule has 1 saturated heterocycles. The average molecular weight is 314 g/mol. The lowest BCUT2D eigenvalue weighted by atomic mass is 10.1. The van der Waals surface area contributed by atoms with Crippen LogP contribution in [0.25, 0.3) is 11.0 Å². The quantitative estimate of drug-likeness (QED) is 0.945. The average Bonchev–Trinajstić information content (AvgIpc) is 2.87. The number of hydrogen-bond acceptors (Lipinski definition) is 3. The first-order valence-corrected chi connectivity index (χ1v) is 8.43. The highest BCUT2D eigenvalue weighted by Gasteiger charge is 2.21. The molecule has 1 fully saturated rings. The molecule has 0 spiro atoms. The third-order valence-corrected chi connectivity index (χ3v) is 4.67. The second kappa shape index (κ2) is 6.32. The maximum atomic E-state index is 12.7. The van der Waals surface area contributed by atoms with Crippen molar-refractivity contribution < 1.29 is 4.79 Å². The Morgan fingerprint density at radius 1 is 1.22 bits per heavy atom. The molecular formula is C18H26N4O. The first-order chi connectivity index (χ1) is 11.0. The van der Waals surface area contributed by atoms with Crippen LogP contribution in [0.1, 0.15) is 36.7 Å². The Morgan fingerprint density at radius 3 is 2.52 bits per heavy atom. The van der Waals surface area contributed by atoms with Crippen molar-refractivity contribution in [3.63, 3.8) is 0 Å². The zero-order chi connectivity index (χ0) is 16.6. The topological polar surface area (TPSA) is 50.2 Å². The molecule has 1 aliphatic rings. The molecule has 1 N–H and O–H groups in total. The fraction of sp³-hybridized carbons (Fsp3) is 0.556. The molecular weight excluding hydrogens is 288 g/mol. The maximum Gasteiger partial charge on any atom is 0.242 e. The van der Waals surface area contributed by atoms with Crippen LogP contribution in [0, 0.1) is 13.8 Å². The number of carbonyl (C=O) groups is 1. The van der Waals surface area contributed by atoms with Gasteiger partial charge in [0, 0.05) is 32.1 Å². The Hall–Kier alpha value is -1.88. The van der Waals surface area contributed by atoms with Gasteiger partial charge in [0.2, 0.25) is 5.91 Å². The summed E-state index contributed by atoms with van der Waals surface area (Å²) in [6, 6.07) is 4.29. The molecule has 0 bridgehead atoms. The van der Waals surface area contributed by atoms with Crippen LogP contribution in [-0.4, -0.2) is 46.5 Å². The molecule has 0 atom stereocenters. The zero-order valence-electron chi connectivity index (χ0n) is 14.5. The fourth-order valence-corrected chi connectivity index (χ4v) is 3.16. The van der Waals surface area contributed by atoms with Gasteiger partial charge in [-0.15, -0.1) is 0 Å². The zero-order valence-corrected chi connectivity index (χ0v) is 14.5. The van der Waals surface area contributed by atoms with E-state index in [1.54, 1.807) is 0 Å². The lowest BCUT2D eigenvalue weighted by molar-refractivity contribution is -0.132. The van der Waals surface area contributed by atoms with Crippen molar-refractivity contribution in [1.29, 1.82) is 0 Å². The van der Waals surface area contributed by atoms with Crippen LogP contribution in [0.4, 0.5) is 0 Å². The van der Waals surface area contributed by atoms with Crippen LogP contribution in [0.3, 0.4) is 0 Å². The number of rotatable bonds is 3. The van der Waals surface area contributed by atoms with Crippen molar-refractivity contribution in [3.8, 4) is 0 Å². The lowest BCUT2D eigenvalue weighted by Crippen LogP contribution is -2.47. The van der Waals surface area contributed by atoms with E-state index in [0.717, 1.165) is 43.0 Å². The summed E-state index contributed by atoms with van der Waals surface area (Å²) in [5, 5.41) is 3.29. The third-order valence-electron chi connectivity index (χ3n) is 4.67. The number of aryl methyl sites for hydroxylation is 2. The summed E-state index contributed by atoms with van der Waals surface area (Å²) in [6.45, 7) is 12.2. The molecule has 5 nitrogen and oxygen atoms in total. The number of carbonyl (C=O) groups excluding carboxylic acids is 1. The molecule has 2 heterocycles. The van der Waals surface area contributed by atoms with Crippen LogP contribution in [0.15, 0.2) is 12.1 Å². The van der Waals surface area contributed by atoms with E-state index in [1.165, 1.54) is 11.1 Å². The Balaban J connectivity index is 1.98. The van der Waals surface area contributed by atoms with Gasteiger partial charge in [-0.05, 0) is 37.1 Å². The molecule has 0 unspecified atom stereocenters. The second-order valence-electron chi connectivity index (χ2n) is 6.77. The van der Waals surface area contributed by atoms with Gasteiger partial charge in [-0.3, -0.25) is 4.79 Å². The molecule has 3 rings (SSSR count). The van der Waals surface area contributed by atoms with Gasteiger partial charge in [-0.25, -0.2) is 4.98 Å². The molecule has 1 amide bonds. The van der Waals surface area contributed by atoms with Crippen LogP contribution in [0.2, 0.25) is 0 Å². The van der Waals surface area contributed by atoms with Gasteiger partial charge in [0.15, 0.2) is 0 Å². The van der Waals surface area contributed by atoms with E-state index in [9.17, 15) is 4.79 Å². The molecule has 1 aliphatic heterocycles. The summed E-state index contributed by atoms with van der Waals surface area (Å²) in [5.74, 6) is 1.47. The van der Waals surface area contributed by atoms with Crippen molar-refractivity contribution in [2.45, 2.75) is 40.2 Å². The number of piperazine rings is 1. The standard InChI is InChI=1S/C18H26N4O/c1-12(2)18-20-15-9-13(3)14(4)10-16(15)22(18)11-17(23)21-7-5-19-6-8-21/h9-10,12,19H,5-8,11H2,1-4H3. The monoisotopic (exact) mass is 314 g/mol. The Morgan fingerprint density at radius 2 is 1.87 bits per heavy atom. The summed E-state index contributed by atoms with van der Waals surface area (Å²) in [5.41, 5.74) is 4.54. The molecule has 5 heteroatoms. The number of fused-ring (bicyclic) bond motifs is 1. The molecule has 1 aromatic heterocycles. The van der Waals surface area contributed by atoms with Crippen molar-refractivity contribution in [2.75, 3.05) is 26.2 Å². The van der Waals surface area contributed by atoms with E-state index in [2.05, 4.69) is 49.7 Å². The molecule has 0 radical (unpaired) electrons. The van der Waals surface area contributed by atoms with Gasteiger partial charge < -0.3 is 14.8 Å². The first kappa shape index (κ1) is 16.0. The summed E-state index contributed by atoms with van der Waals surface area (Å²) in [4.78, 5) is 19.4. The number of hydrogen-bond donors (Lipinski definition) is 1. The molecule has 124 valence electrons. The van der Waals surface area contributed by atoms with Crippen LogP contribution < -0.4 is 5.32 Å². The largest absolute Gasteiger partial charge is 0.339 e. The lowest BCUT2D eigenvalue weighted by Gasteiger charge is -2.28. The summed E-state index contributed by atoms with van der Waals surface area (Å²) in [7, 11) is 0. The van der Waals surface area contributed by atoms with Crippen molar-refractivity contribution in [2.24, 2.45) is 0 Å². The van der Waals surface area contributed by atoms with Crippen molar-refractivity contribution >= 4 is 16.9 Å². The number of nitrogens with one attached hydrogen (secondary N) is 1. The van der Waals surface area contributed by atoms with Gasteiger partial charge >= 0.3 is 0 Å². The number of nitrogens with zero attached hydrogens (tertiary/aromatic N) is 3. The summed E-state index contributed by atoms with van der Waals surface area (Å²) < 4.78 is 2.11. The Labute approximate surface area is 137 Å². The highest BCUT2D eigenvalue weighted by Crippen LogP contribution is 2.25. The highest BCUT2D eigenvalue weighted by molar-refractivity contribution is 5.82. The van der Waals surface area contributed by atoms with Crippen LogP contribution >= 0.6 is 0 Å². The molecule has 0 aliphatic carbocycles. The van der Waals surface area contributed by atoms with Gasteiger partial charge in [0.1, 0.15) is 12.4 Å². The van der Waals surface area contributed by atoms with E-state index in [0.29, 0.717) is 12.5 Å². The van der Waals surface area contributed by atoms with Crippen LogP contribution in [0.5, 0.6) is 0 Å². The minimum absolute atomic E-state index is 0.186. The van der Waals surface area contributed by atoms with E-state index in [1.807, 2.05) is 4.90 Å². The predicted molar refractivity (Wildman–Crippen MR) is 92.7 cm³/mol. The van der Waals surface area contributed by atoms with Crippen LogP contribution in [-0.2, 0) is 11.3 Å². The van der Waals surface area contributed by atoms with E-state index >= 15 is 0 Å². The Kier molecular flexibility index (Phi) is 4.39. The Bertz CT molecular complexity index is 726. The number of amides is 1. The smallest absolute Gasteiger partial charge is 0.242 e. The van der Waals surface area contributed by atoms with E-state index in [-0.39, 0.29) is 5.91 Å². The molecule has 23 heavy (non-hydrogen) atoms. The SMILES string of the molecule is Cc1cc2nc(C(C)C)n(CC(=O)N3CCNCC3)c2cc1C. The molecule has 1 aromatic carbocycles. The number of imidazole rings is 1. The second-order valence-corrected chi connectivity index (χ2v) is 6.77. The van der Waals surface area contributed by atoms with Crippen molar-refractivity contribution in [3.05, 3.63) is 29.1 Å². The van der Waals surface area contributed by atoms with E-state index in [4.69, 9.17) is 4.98 Å². The van der Waals surface area contributed by atoms with Gasteiger partial charge in [-0.2, -0.15) is 0 Å². The van der Waals surface area contributed by atoms with E-state index < -0.39 is 0 Å². The molecule has 0 saturated carbocycles. The fourth-order valence-electron chi connectivity index (χ4n) is 3.16. The third kappa shape index (κ3) is 3.11. The minimum Gasteiger partial charge on any atom is -0.339 e. The number of benzene rings is 1. The minimum atomic E-state index is 0.186. The molecule has 2 aromatic rings. The van der Waals surface area contributed by atoms with Gasteiger partial charge in [0.25, 0.3) is 0 Å². The van der Waals surface area contributed by atoms with Crippen molar-refractivity contribution in [1.82, 2.24) is 19.8 Å². The summed E-state index contributed by atoms with van der Waals surface area (Å²) in [6.07, 6.45) is 0.